The molecule has 1 atom stereocenters. The van der Waals surface area contributed by atoms with Crippen LogP contribution in [0.1, 0.15) is 18.6 Å². The summed E-state index contributed by atoms with van der Waals surface area (Å²) in [4.78, 5) is 4.02. The zero-order chi connectivity index (χ0) is 13.8. The van der Waals surface area contributed by atoms with Gasteiger partial charge in [-0.2, -0.15) is 0 Å². The summed E-state index contributed by atoms with van der Waals surface area (Å²) < 4.78 is 7.69. The highest BCUT2D eigenvalue weighted by atomic mass is 35.5. The molecule has 5 heteroatoms. The van der Waals surface area contributed by atoms with Crippen LogP contribution in [0.15, 0.2) is 49.3 Å². The van der Waals surface area contributed by atoms with Crippen molar-refractivity contribution in [2.75, 3.05) is 0 Å². The molecule has 0 bridgehead atoms. The Morgan fingerprint density at radius 2 is 2.26 bits per heavy atom. The molecule has 1 aromatic carbocycles. The fraction of sp³-hybridized carbons (Fsp3) is 0.214. The molecule has 19 heavy (non-hydrogen) atoms. The van der Waals surface area contributed by atoms with Gasteiger partial charge < -0.3 is 9.30 Å². The molecule has 0 aliphatic carbocycles. The van der Waals surface area contributed by atoms with E-state index in [9.17, 15) is 0 Å². The molecule has 1 heterocycles. The molecule has 0 radical (unpaired) electrons. The van der Waals surface area contributed by atoms with E-state index in [0.29, 0.717) is 22.3 Å². The Morgan fingerprint density at radius 1 is 1.47 bits per heavy atom. The maximum atomic E-state index is 6.23. The van der Waals surface area contributed by atoms with E-state index in [1.807, 2.05) is 23.8 Å². The Hall–Kier alpha value is -1.45. The van der Waals surface area contributed by atoms with E-state index in [4.69, 9.17) is 27.9 Å². The van der Waals surface area contributed by atoms with Crippen molar-refractivity contribution in [3.05, 3.63) is 64.9 Å². The van der Waals surface area contributed by atoms with Crippen molar-refractivity contribution < 1.29 is 4.74 Å². The summed E-state index contributed by atoms with van der Waals surface area (Å²) in [5, 5.41) is 1.18. The molecule has 1 aromatic heterocycles. The first-order chi connectivity index (χ1) is 9.06. The van der Waals surface area contributed by atoms with Crippen LogP contribution in [0.4, 0.5) is 0 Å². The van der Waals surface area contributed by atoms with Gasteiger partial charge in [0.1, 0.15) is 6.10 Å². The molecule has 100 valence electrons. The fourth-order valence-electron chi connectivity index (χ4n) is 1.79. The highest BCUT2D eigenvalue weighted by Crippen LogP contribution is 2.30. The molecule has 0 saturated carbocycles. The van der Waals surface area contributed by atoms with Crippen LogP contribution in [0.5, 0.6) is 0 Å². The summed E-state index contributed by atoms with van der Waals surface area (Å²) in [7, 11) is 0. The largest absolute Gasteiger partial charge is 0.489 e. The van der Waals surface area contributed by atoms with Gasteiger partial charge in [-0.25, -0.2) is 4.98 Å². The number of halogens is 2. The monoisotopic (exact) mass is 296 g/mol. The fourth-order valence-corrected chi connectivity index (χ4v) is 2.32. The standard InChI is InChI=1S/C14H14Cl2N2O/c1-10(2)19-14(8-18-6-5-17-9-18)12-4-3-11(15)7-13(12)16/h3-7,9,14H,1,8H2,2H3. The molecule has 0 saturated heterocycles. The van der Waals surface area contributed by atoms with Gasteiger partial charge in [-0.3, -0.25) is 0 Å². The van der Waals surface area contributed by atoms with Crippen LogP contribution < -0.4 is 0 Å². The average molecular weight is 297 g/mol. The van der Waals surface area contributed by atoms with Crippen molar-refractivity contribution in [2.45, 2.75) is 19.6 Å². The van der Waals surface area contributed by atoms with E-state index in [1.165, 1.54) is 0 Å². The van der Waals surface area contributed by atoms with Gasteiger partial charge >= 0.3 is 0 Å². The maximum Gasteiger partial charge on any atom is 0.142 e. The molecular weight excluding hydrogens is 283 g/mol. The first kappa shape index (κ1) is 14.0. The van der Waals surface area contributed by atoms with Crippen LogP contribution in [0, 0.1) is 0 Å². The molecule has 1 unspecified atom stereocenters. The molecule has 0 aliphatic heterocycles. The number of rotatable bonds is 5. The van der Waals surface area contributed by atoms with Crippen LogP contribution in [0.2, 0.25) is 10.0 Å². The Bertz CT molecular complexity index is 567. The minimum Gasteiger partial charge on any atom is -0.489 e. The number of hydrogen-bond donors (Lipinski definition) is 0. The highest BCUT2D eigenvalue weighted by molar-refractivity contribution is 6.35. The SMILES string of the molecule is C=C(C)OC(Cn1ccnc1)c1ccc(Cl)cc1Cl. The molecule has 0 amide bonds. The van der Waals surface area contributed by atoms with Crippen molar-refractivity contribution in [3.8, 4) is 0 Å². The summed E-state index contributed by atoms with van der Waals surface area (Å²) in [6.07, 6.45) is 5.11. The third-order valence-corrected chi connectivity index (χ3v) is 3.15. The van der Waals surface area contributed by atoms with E-state index >= 15 is 0 Å². The predicted octanol–water partition coefficient (Wildman–Crippen LogP) is 4.48. The van der Waals surface area contributed by atoms with E-state index in [-0.39, 0.29) is 6.10 Å². The zero-order valence-corrected chi connectivity index (χ0v) is 12.0. The van der Waals surface area contributed by atoms with Crippen molar-refractivity contribution in [1.82, 2.24) is 9.55 Å². The second kappa shape index (κ2) is 6.13. The molecule has 0 N–H and O–H groups in total. The lowest BCUT2D eigenvalue weighted by Gasteiger charge is -2.21. The average Bonchev–Trinajstić information content (AvgIpc) is 2.80. The number of nitrogens with zero attached hydrogens (tertiary/aromatic N) is 2. The zero-order valence-electron chi connectivity index (χ0n) is 10.5. The predicted molar refractivity (Wildman–Crippen MR) is 77.3 cm³/mol. The minimum absolute atomic E-state index is 0.225. The lowest BCUT2D eigenvalue weighted by atomic mass is 10.1. The molecule has 3 nitrogen and oxygen atoms in total. The number of allylic oxidation sites excluding steroid dienone is 1. The van der Waals surface area contributed by atoms with Gasteiger partial charge in [0.2, 0.25) is 0 Å². The smallest absolute Gasteiger partial charge is 0.142 e. The molecule has 0 spiro atoms. The number of hydrogen-bond acceptors (Lipinski definition) is 2. The van der Waals surface area contributed by atoms with Gasteiger partial charge in [0, 0.05) is 28.0 Å². The molecule has 2 aromatic rings. The normalized spacial score (nSPS) is 12.2. The first-order valence-corrected chi connectivity index (χ1v) is 6.54. The third kappa shape index (κ3) is 3.75. The molecule has 0 fully saturated rings. The van der Waals surface area contributed by atoms with Gasteiger partial charge in [0.05, 0.1) is 18.6 Å². The van der Waals surface area contributed by atoms with Gasteiger partial charge in [-0.15, -0.1) is 0 Å². The van der Waals surface area contributed by atoms with E-state index in [0.717, 1.165) is 5.56 Å². The van der Waals surface area contributed by atoms with Gasteiger partial charge in [-0.1, -0.05) is 35.8 Å². The third-order valence-electron chi connectivity index (χ3n) is 2.59. The lowest BCUT2D eigenvalue weighted by Crippen LogP contribution is -2.11. The summed E-state index contributed by atoms with van der Waals surface area (Å²) >= 11 is 12.1. The number of aromatic nitrogens is 2. The second-order valence-corrected chi connectivity index (χ2v) is 5.08. The van der Waals surface area contributed by atoms with Gasteiger partial charge in [0.15, 0.2) is 0 Å². The van der Waals surface area contributed by atoms with Crippen molar-refractivity contribution >= 4 is 23.2 Å². The summed E-state index contributed by atoms with van der Waals surface area (Å²) in [6, 6.07) is 5.38. The highest BCUT2D eigenvalue weighted by Gasteiger charge is 2.17. The van der Waals surface area contributed by atoms with Gasteiger partial charge in [0.25, 0.3) is 0 Å². The van der Waals surface area contributed by atoms with Crippen LogP contribution in [-0.2, 0) is 11.3 Å². The summed E-state index contributed by atoms with van der Waals surface area (Å²) in [5.74, 6) is 0.635. The number of ether oxygens (including phenoxy) is 1. The second-order valence-electron chi connectivity index (χ2n) is 4.23. The van der Waals surface area contributed by atoms with Crippen LogP contribution in [-0.4, -0.2) is 9.55 Å². The van der Waals surface area contributed by atoms with Crippen molar-refractivity contribution in [2.24, 2.45) is 0 Å². The number of benzene rings is 1. The van der Waals surface area contributed by atoms with Crippen LogP contribution in [0.3, 0.4) is 0 Å². The van der Waals surface area contributed by atoms with E-state index in [1.54, 1.807) is 24.7 Å². The van der Waals surface area contributed by atoms with E-state index < -0.39 is 0 Å². The Balaban J connectivity index is 2.28. The quantitative estimate of drug-likeness (QED) is 0.761. The van der Waals surface area contributed by atoms with Crippen molar-refractivity contribution in [1.29, 1.82) is 0 Å². The van der Waals surface area contributed by atoms with Gasteiger partial charge in [-0.05, 0) is 19.1 Å². The molecule has 0 aliphatic rings. The summed E-state index contributed by atoms with van der Waals surface area (Å²) in [5.41, 5.74) is 0.878. The Labute approximate surface area is 122 Å². The van der Waals surface area contributed by atoms with Crippen molar-refractivity contribution in [3.63, 3.8) is 0 Å². The minimum atomic E-state index is -0.225. The Morgan fingerprint density at radius 3 is 2.84 bits per heavy atom. The molecule has 2 rings (SSSR count). The van der Waals surface area contributed by atoms with E-state index in [2.05, 4.69) is 11.6 Å². The maximum absolute atomic E-state index is 6.23. The first-order valence-electron chi connectivity index (χ1n) is 5.79. The topological polar surface area (TPSA) is 27.1 Å². The lowest BCUT2D eigenvalue weighted by molar-refractivity contribution is 0.103. The van der Waals surface area contributed by atoms with Crippen LogP contribution >= 0.6 is 23.2 Å². The van der Waals surface area contributed by atoms with Crippen LogP contribution in [0.25, 0.3) is 0 Å². The Kier molecular flexibility index (Phi) is 4.51. The molecular formula is C14H14Cl2N2O. The summed E-state index contributed by atoms with van der Waals surface area (Å²) in [6.45, 7) is 6.20. The number of imidazole rings is 1.